The number of furan rings is 1. The maximum absolute atomic E-state index is 5.41. The standard InChI is InChI=1S/C13H19N5OS/c1-9(5-6-10-4-3-7-19-10)15-11-8-12(18-14)17-13(16-11)20-2/h3-4,7-9H,5-6,14H2,1-2H3,(H2,15,16,17,18). The van der Waals surface area contributed by atoms with E-state index < -0.39 is 0 Å². The number of nitrogen functional groups attached to an aromatic ring is 1. The normalized spacial score (nSPS) is 12.2. The highest BCUT2D eigenvalue weighted by molar-refractivity contribution is 7.98. The molecule has 0 radical (unpaired) electrons. The summed E-state index contributed by atoms with van der Waals surface area (Å²) in [6.07, 6.45) is 5.47. The number of nitrogens with zero attached hydrogens (tertiary/aromatic N) is 2. The third-order valence-electron chi connectivity index (χ3n) is 2.83. The topological polar surface area (TPSA) is 89.0 Å². The lowest BCUT2D eigenvalue weighted by Crippen LogP contribution is -2.18. The van der Waals surface area contributed by atoms with Gasteiger partial charge in [-0.15, -0.1) is 0 Å². The summed E-state index contributed by atoms with van der Waals surface area (Å²) in [5.74, 6) is 7.77. The van der Waals surface area contributed by atoms with E-state index in [0.717, 1.165) is 24.4 Å². The van der Waals surface area contributed by atoms with Crippen LogP contribution in [0.3, 0.4) is 0 Å². The molecule has 108 valence electrons. The first-order valence-electron chi connectivity index (χ1n) is 6.40. The average Bonchev–Trinajstić information content (AvgIpc) is 2.98. The van der Waals surface area contributed by atoms with E-state index >= 15 is 0 Å². The van der Waals surface area contributed by atoms with Gasteiger partial charge in [0.15, 0.2) is 5.16 Å². The van der Waals surface area contributed by atoms with Gasteiger partial charge < -0.3 is 15.2 Å². The van der Waals surface area contributed by atoms with Gasteiger partial charge in [0.1, 0.15) is 17.4 Å². The second kappa shape index (κ2) is 7.16. The Balaban J connectivity index is 1.94. The minimum atomic E-state index is 0.273. The van der Waals surface area contributed by atoms with Crippen LogP contribution in [0.15, 0.2) is 34.0 Å². The minimum absolute atomic E-state index is 0.273. The molecular weight excluding hydrogens is 274 g/mol. The Kier molecular flexibility index (Phi) is 5.25. The van der Waals surface area contributed by atoms with E-state index in [-0.39, 0.29) is 6.04 Å². The summed E-state index contributed by atoms with van der Waals surface area (Å²) < 4.78 is 5.32. The molecule has 7 heteroatoms. The summed E-state index contributed by atoms with van der Waals surface area (Å²) in [6, 6.07) is 5.96. The van der Waals surface area contributed by atoms with Crippen LogP contribution in [0.1, 0.15) is 19.1 Å². The molecule has 2 aromatic rings. The molecule has 0 aliphatic heterocycles. The molecule has 0 bridgehead atoms. The van der Waals surface area contributed by atoms with E-state index in [1.165, 1.54) is 11.8 Å². The van der Waals surface area contributed by atoms with Crippen molar-refractivity contribution in [3.63, 3.8) is 0 Å². The third kappa shape index (κ3) is 4.14. The zero-order chi connectivity index (χ0) is 14.4. The number of hydrogen-bond acceptors (Lipinski definition) is 7. The number of hydrazine groups is 1. The van der Waals surface area contributed by atoms with E-state index in [9.17, 15) is 0 Å². The van der Waals surface area contributed by atoms with Gasteiger partial charge in [-0.1, -0.05) is 11.8 Å². The van der Waals surface area contributed by atoms with Crippen molar-refractivity contribution in [2.45, 2.75) is 31.0 Å². The first-order valence-corrected chi connectivity index (χ1v) is 7.62. The molecule has 1 unspecified atom stereocenters. The molecule has 0 fully saturated rings. The van der Waals surface area contributed by atoms with E-state index in [4.69, 9.17) is 10.3 Å². The Morgan fingerprint density at radius 2 is 2.20 bits per heavy atom. The number of rotatable bonds is 7. The molecule has 0 saturated heterocycles. The van der Waals surface area contributed by atoms with E-state index in [2.05, 4.69) is 27.6 Å². The number of aryl methyl sites for hydroxylation is 1. The summed E-state index contributed by atoms with van der Waals surface area (Å²) in [4.78, 5) is 8.63. The van der Waals surface area contributed by atoms with E-state index in [1.54, 1.807) is 12.3 Å². The van der Waals surface area contributed by atoms with Gasteiger partial charge in [0.2, 0.25) is 0 Å². The highest BCUT2D eigenvalue weighted by Gasteiger charge is 2.08. The number of aromatic nitrogens is 2. The molecule has 20 heavy (non-hydrogen) atoms. The van der Waals surface area contributed by atoms with Crippen molar-refractivity contribution in [3.8, 4) is 0 Å². The molecule has 0 aliphatic carbocycles. The quantitative estimate of drug-likeness (QED) is 0.313. The van der Waals surface area contributed by atoms with Crippen LogP contribution in [0.5, 0.6) is 0 Å². The number of thioether (sulfide) groups is 1. The Morgan fingerprint density at radius 3 is 2.85 bits per heavy atom. The summed E-state index contributed by atoms with van der Waals surface area (Å²) in [6.45, 7) is 2.11. The molecular formula is C13H19N5OS. The van der Waals surface area contributed by atoms with E-state index in [1.807, 2.05) is 18.4 Å². The molecule has 6 nitrogen and oxygen atoms in total. The first kappa shape index (κ1) is 14.7. The molecule has 2 rings (SSSR count). The van der Waals surface area contributed by atoms with Crippen LogP contribution in [0.25, 0.3) is 0 Å². The fourth-order valence-electron chi connectivity index (χ4n) is 1.80. The maximum atomic E-state index is 5.41. The average molecular weight is 293 g/mol. The van der Waals surface area contributed by atoms with Crippen molar-refractivity contribution in [2.24, 2.45) is 5.84 Å². The lowest BCUT2D eigenvalue weighted by Gasteiger charge is -2.15. The third-order valence-corrected chi connectivity index (χ3v) is 3.38. The lowest BCUT2D eigenvalue weighted by atomic mass is 10.1. The Morgan fingerprint density at radius 1 is 1.40 bits per heavy atom. The molecule has 0 saturated carbocycles. The molecule has 2 aromatic heterocycles. The zero-order valence-electron chi connectivity index (χ0n) is 11.6. The fraction of sp³-hybridized carbons (Fsp3) is 0.385. The van der Waals surface area contributed by atoms with Gasteiger partial charge >= 0.3 is 0 Å². The minimum Gasteiger partial charge on any atom is -0.469 e. The van der Waals surface area contributed by atoms with Crippen molar-refractivity contribution in [1.29, 1.82) is 0 Å². The van der Waals surface area contributed by atoms with Crippen LogP contribution in [0, 0.1) is 0 Å². The lowest BCUT2D eigenvalue weighted by molar-refractivity contribution is 0.494. The van der Waals surface area contributed by atoms with Crippen LogP contribution in [0.4, 0.5) is 11.6 Å². The summed E-state index contributed by atoms with van der Waals surface area (Å²) in [7, 11) is 0. The predicted molar refractivity (Wildman–Crippen MR) is 81.7 cm³/mol. The molecule has 0 aromatic carbocycles. The molecule has 2 heterocycles. The smallest absolute Gasteiger partial charge is 0.191 e. The van der Waals surface area contributed by atoms with Crippen LogP contribution >= 0.6 is 11.8 Å². The van der Waals surface area contributed by atoms with Crippen LogP contribution in [-0.2, 0) is 6.42 Å². The largest absolute Gasteiger partial charge is 0.469 e. The van der Waals surface area contributed by atoms with Crippen molar-refractivity contribution < 1.29 is 4.42 Å². The zero-order valence-corrected chi connectivity index (χ0v) is 12.4. The fourth-order valence-corrected chi connectivity index (χ4v) is 2.18. The van der Waals surface area contributed by atoms with Gasteiger partial charge in [-0.25, -0.2) is 15.8 Å². The SMILES string of the molecule is CSc1nc(NN)cc(NC(C)CCc2ccco2)n1. The van der Waals surface area contributed by atoms with Crippen LogP contribution in [0.2, 0.25) is 0 Å². The molecule has 4 N–H and O–H groups in total. The number of anilines is 2. The van der Waals surface area contributed by atoms with Gasteiger partial charge in [-0.2, -0.15) is 0 Å². The van der Waals surface area contributed by atoms with Crippen LogP contribution in [-0.4, -0.2) is 22.3 Å². The van der Waals surface area contributed by atoms with Crippen molar-refractivity contribution in [2.75, 3.05) is 17.0 Å². The first-order chi connectivity index (χ1) is 9.71. The van der Waals surface area contributed by atoms with Crippen molar-refractivity contribution >= 4 is 23.4 Å². The number of nitrogens with one attached hydrogen (secondary N) is 2. The highest BCUT2D eigenvalue weighted by atomic mass is 32.2. The van der Waals surface area contributed by atoms with E-state index in [0.29, 0.717) is 11.0 Å². The highest BCUT2D eigenvalue weighted by Crippen LogP contribution is 2.18. The number of nitrogens with two attached hydrogens (primary N) is 1. The van der Waals surface area contributed by atoms with Gasteiger partial charge in [0, 0.05) is 18.5 Å². The summed E-state index contributed by atoms with van der Waals surface area (Å²) in [5, 5.41) is 4.03. The second-order valence-electron chi connectivity index (χ2n) is 4.43. The predicted octanol–water partition coefficient (Wildman–Crippen LogP) is 2.51. The summed E-state index contributed by atoms with van der Waals surface area (Å²) >= 11 is 1.48. The van der Waals surface area contributed by atoms with Crippen molar-refractivity contribution in [3.05, 3.63) is 30.2 Å². The Hall–Kier alpha value is -1.73. The Bertz CT molecular complexity index is 509. The molecule has 1 atom stereocenters. The van der Waals surface area contributed by atoms with Gasteiger partial charge in [0.05, 0.1) is 6.26 Å². The molecule has 0 amide bonds. The second-order valence-corrected chi connectivity index (χ2v) is 5.21. The van der Waals surface area contributed by atoms with Gasteiger partial charge in [-0.3, -0.25) is 0 Å². The maximum Gasteiger partial charge on any atom is 0.191 e. The van der Waals surface area contributed by atoms with Crippen molar-refractivity contribution in [1.82, 2.24) is 9.97 Å². The Labute approximate surface area is 122 Å². The summed E-state index contributed by atoms with van der Waals surface area (Å²) in [5.41, 5.74) is 2.55. The van der Waals surface area contributed by atoms with Crippen LogP contribution < -0.4 is 16.6 Å². The van der Waals surface area contributed by atoms with Gasteiger partial charge in [-0.05, 0) is 31.7 Å². The molecule has 0 spiro atoms. The van der Waals surface area contributed by atoms with Gasteiger partial charge in [0.25, 0.3) is 0 Å². The number of hydrogen-bond donors (Lipinski definition) is 3. The monoisotopic (exact) mass is 293 g/mol. The molecule has 0 aliphatic rings.